The molecule has 6 nitrogen and oxygen atoms in total. The molecule has 0 unspecified atom stereocenters. The average Bonchev–Trinajstić information content (AvgIpc) is 2.39. The molecule has 1 fully saturated rings. The molecular weight excluding hydrogens is 230 g/mol. The molecule has 18 heavy (non-hydrogen) atoms. The quantitative estimate of drug-likeness (QED) is 0.236. The van der Waals surface area contributed by atoms with Crippen LogP contribution in [0, 0.1) is 0 Å². The van der Waals surface area contributed by atoms with Crippen molar-refractivity contribution in [2.45, 2.75) is 26.3 Å². The van der Waals surface area contributed by atoms with E-state index in [1.807, 2.05) is 0 Å². The summed E-state index contributed by atoms with van der Waals surface area (Å²) in [5, 5.41) is 0. The number of ether oxygens (including phenoxy) is 1. The molecule has 1 aliphatic rings. The normalized spacial score (nSPS) is 18.5. The summed E-state index contributed by atoms with van der Waals surface area (Å²) in [7, 11) is 1.71. The van der Waals surface area contributed by atoms with Crippen molar-refractivity contribution >= 4 is 5.96 Å². The monoisotopic (exact) mass is 257 g/mol. The van der Waals surface area contributed by atoms with Crippen molar-refractivity contribution in [1.29, 1.82) is 0 Å². The van der Waals surface area contributed by atoms with Crippen LogP contribution >= 0.6 is 0 Å². The van der Waals surface area contributed by atoms with E-state index in [9.17, 15) is 0 Å². The Bertz CT molecular complexity index is 249. The van der Waals surface area contributed by atoms with Crippen LogP contribution in [0.1, 0.15) is 20.3 Å². The summed E-state index contributed by atoms with van der Waals surface area (Å²) in [4.78, 5) is 9.16. The smallest absolute Gasteiger partial charge is 0.208 e. The van der Waals surface area contributed by atoms with E-state index in [1.165, 1.54) is 0 Å². The Labute approximate surface area is 110 Å². The number of piperazine rings is 1. The molecule has 3 N–H and O–H groups in total. The van der Waals surface area contributed by atoms with Crippen LogP contribution in [0.15, 0.2) is 4.99 Å². The van der Waals surface area contributed by atoms with Crippen molar-refractivity contribution in [1.82, 2.24) is 15.2 Å². The molecule has 0 aromatic rings. The SMILES string of the molecule is COCCCN=C(NN)N1CCN(C(C)C)CC1. The van der Waals surface area contributed by atoms with E-state index in [4.69, 9.17) is 10.6 Å². The number of nitrogens with one attached hydrogen (secondary N) is 1. The van der Waals surface area contributed by atoms with E-state index >= 15 is 0 Å². The van der Waals surface area contributed by atoms with Crippen molar-refractivity contribution in [3.05, 3.63) is 0 Å². The second kappa shape index (κ2) is 8.29. The van der Waals surface area contributed by atoms with Gasteiger partial charge in [-0.3, -0.25) is 15.3 Å². The van der Waals surface area contributed by atoms with E-state index < -0.39 is 0 Å². The minimum atomic E-state index is 0.611. The lowest BCUT2D eigenvalue weighted by Gasteiger charge is -2.38. The number of guanidine groups is 1. The van der Waals surface area contributed by atoms with Gasteiger partial charge < -0.3 is 9.64 Å². The van der Waals surface area contributed by atoms with E-state index in [2.05, 4.69) is 34.1 Å². The largest absolute Gasteiger partial charge is 0.385 e. The number of aliphatic imine (C=N–C) groups is 1. The molecule has 6 heteroatoms. The van der Waals surface area contributed by atoms with E-state index in [0.717, 1.165) is 51.7 Å². The predicted octanol–water partition coefficient (Wildman–Crippen LogP) is -0.132. The number of hydrazine groups is 1. The number of hydrogen-bond acceptors (Lipinski definition) is 4. The lowest BCUT2D eigenvalue weighted by Crippen LogP contribution is -2.55. The third-order valence-corrected chi connectivity index (χ3v) is 3.24. The van der Waals surface area contributed by atoms with Gasteiger partial charge in [0, 0.05) is 52.5 Å². The molecule has 0 spiro atoms. The van der Waals surface area contributed by atoms with Gasteiger partial charge in [-0.05, 0) is 20.3 Å². The van der Waals surface area contributed by atoms with Gasteiger partial charge in [0.1, 0.15) is 0 Å². The molecule has 0 amide bonds. The first-order chi connectivity index (χ1) is 8.69. The van der Waals surface area contributed by atoms with Gasteiger partial charge in [0.2, 0.25) is 5.96 Å². The van der Waals surface area contributed by atoms with Crippen LogP contribution in [-0.4, -0.2) is 68.2 Å². The highest BCUT2D eigenvalue weighted by Crippen LogP contribution is 2.05. The highest BCUT2D eigenvalue weighted by molar-refractivity contribution is 5.79. The Kier molecular flexibility index (Phi) is 7.00. The van der Waals surface area contributed by atoms with Crippen LogP contribution in [0.25, 0.3) is 0 Å². The number of hydrogen-bond donors (Lipinski definition) is 2. The summed E-state index contributed by atoms with van der Waals surface area (Å²) in [5.41, 5.74) is 2.71. The second-order valence-electron chi connectivity index (χ2n) is 4.81. The number of nitrogens with two attached hydrogens (primary N) is 1. The third-order valence-electron chi connectivity index (χ3n) is 3.24. The van der Waals surface area contributed by atoms with Gasteiger partial charge in [-0.15, -0.1) is 0 Å². The van der Waals surface area contributed by atoms with Gasteiger partial charge in [-0.1, -0.05) is 0 Å². The van der Waals surface area contributed by atoms with Gasteiger partial charge in [0.15, 0.2) is 0 Å². The zero-order valence-corrected chi connectivity index (χ0v) is 11.9. The van der Waals surface area contributed by atoms with Crippen LogP contribution in [0.2, 0.25) is 0 Å². The van der Waals surface area contributed by atoms with Gasteiger partial charge in [0.05, 0.1) is 0 Å². The molecule has 1 saturated heterocycles. The molecule has 0 radical (unpaired) electrons. The molecule has 0 aliphatic carbocycles. The maximum atomic E-state index is 5.55. The fourth-order valence-corrected chi connectivity index (χ4v) is 2.08. The van der Waals surface area contributed by atoms with Crippen molar-refractivity contribution < 1.29 is 4.74 Å². The number of methoxy groups -OCH3 is 1. The Morgan fingerprint density at radius 2 is 2.00 bits per heavy atom. The summed E-state index contributed by atoms with van der Waals surface area (Å²) in [6.45, 7) is 10.0. The lowest BCUT2D eigenvalue weighted by atomic mass is 10.2. The zero-order valence-electron chi connectivity index (χ0n) is 11.9. The fraction of sp³-hybridized carbons (Fsp3) is 0.917. The summed E-state index contributed by atoms with van der Waals surface area (Å²) >= 11 is 0. The molecule has 106 valence electrons. The van der Waals surface area contributed by atoms with Gasteiger partial charge in [-0.25, -0.2) is 5.84 Å². The molecule has 0 bridgehead atoms. The summed E-state index contributed by atoms with van der Waals surface area (Å²) in [5.74, 6) is 6.35. The third kappa shape index (κ3) is 4.80. The Balaban J connectivity index is 2.37. The molecule has 0 aromatic carbocycles. The van der Waals surface area contributed by atoms with Crippen LogP contribution in [-0.2, 0) is 4.74 Å². The van der Waals surface area contributed by atoms with Crippen molar-refractivity contribution in [3.63, 3.8) is 0 Å². The zero-order chi connectivity index (χ0) is 13.4. The Hall–Kier alpha value is -0.850. The predicted molar refractivity (Wildman–Crippen MR) is 74.4 cm³/mol. The first-order valence-electron chi connectivity index (χ1n) is 6.68. The van der Waals surface area contributed by atoms with Gasteiger partial charge in [-0.2, -0.15) is 0 Å². The molecule has 0 atom stereocenters. The van der Waals surface area contributed by atoms with Gasteiger partial charge in [0.25, 0.3) is 0 Å². The van der Waals surface area contributed by atoms with Crippen molar-refractivity contribution in [3.8, 4) is 0 Å². The Morgan fingerprint density at radius 3 is 2.50 bits per heavy atom. The van der Waals surface area contributed by atoms with E-state index in [1.54, 1.807) is 7.11 Å². The van der Waals surface area contributed by atoms with Crippen molar-refractivity contribution in [2.24, 2.45) is 10.8 Å². The average molecular weight is 257 g/mol. The maximum Gasteiger partial charge on any atom is 0.208 e. The first-order valence-corrected chi connectivity index (χ1v) is 6.68. The minimum absolute atomic E-state index is 0.611. The summed E-state index contributed by atoms with van der Waals surface area (Å²) < 4.78 is 5.00. The van der Waals surface area contributed by atoms with Crippen LogP contribution in [0.4, 0.5) is 0 Å². The van der Waals surface area contributed by atoms with Crippen LogP contribution in [0.5, 0.6) is 0 Å². The molecule has 1 rings (SSSR count). The first kappa shape index (κ1) is 15.2. The summed E-state index contributed by atoms with van der Waals surface area (Å²) in [6.07, 6.45) is 0.924. The topological polar surface area (TPSA) is 66.1 Å². The highest BCUT2D eigenvalue weighted by Gasteiger charge is 2.20. The molecule has 0 saturated carbocycles. The fourth-order valence-electron chi connectivity index (χ4n) is 2.08. The second-order valence-corrected chi connectivity index (χ2v) is 4.81. The molecule has 1 heterocycles. The molecular formula is C12H27N5O. The van der Waals surface area contributed by atoms with E-state index in [-0.39, 0.29) is 0 Å². The van der Waals surface area contributed by atoms with E-state index in [0.29, 0.717) is 6.04 Å². The number of nitrogens with zero attached hydrogens (tertiary/aromatic N) is 3. The number of rotatable bonds is 5. The summed E-state index contributed by atoms with van der Waals surface area (Å²) in [6, 6.07) is 0.611. The Morgan fingerprint density at radius 1 is 1.33 bits per heavy atom. The minimum Gasteiger partial charge on any atom is -0.385 e. The standard InChI is InChI=1S/C12H27N5O/c1-11(2)16-6-8-17(9-7-16)12(15-13)14-5-4-10-18-3/h11H,4-10,13H2,1-3H3,(H,14,15). The highest BCUT2D eigenvalue weighted by atomic mass is 16.5. The van der Waals surface area contributed by atoms with Crippen LogP contribution in [0.3, 0.4) is 0 Å². The maximum absolute atomic E-state index is 5.55. The van der Waals surface area contributed by atoms with Crippen molar-refractivity contribution in [2.75, 3.05) is 46.4 Å². The van der Waals surface area contributed by atoms with Crippen LogP contribution < -0.4 is 11.3 Å². The molecule has 0 aromatic heterocycles. The molecule has 1 aliphatic heterocycles. The van der Waals surface area contributed by atoms with Gasteiger partial charge >= 0.3 is 0 Å². The lowest BCUT2D eigenvalue weighted by molar-refractivity contribution is 0.146.